The van der Waals surface area contributed by atoms with Crippen LogP contribution in [0.3, 0.4) is 0 Å². The van der Waals surface area contributed by atoms with Crippen molar-refractivity contribution in [1.29, 1.82) is 0 Å². The minimum Gasteiger partial charge on any atom is -0.462 e. The third kappa shape index (κ3) is 58.3. The molecular formula is C66H120O6. The fourth-order valence-corrected chi connectivity index (χ4v) is 9.34. The Labute approximate surface area is 448 Å². The summed E-state index contributed by atoms with van der Waals surface area (Å²) >= 11 is 0. The summed E-state index contributed by atoms with van der Waals surface area (Å²) in [5.41, 5.74) is 0. The molecule has 0 aliphatic rings. The van der Waals surface area contributed by atoms with Crippen molar-refractivity contribution >= 4 is 17.9 Å². The van der Waals surface area contributed by atoms with Gasteiger partial charge in [-0.1, -0.05) is 288 Å². The average molecular weight is 1010 g/mol. The van der Waals surface area contributed by atoms with Gasteiger partial charge in [-0.2, -0.15) is 0 Å². The van der Waals surface area contributed by atoms with Crippen molar-refractivity contribution in [3.8, 4) is 0 Å². The van der Waals surface area contributed by atoms with Gasteiger partial charge in [0, 0.05) is 19.3 Å². The van der Waals surface area contributed by atoms with Gasteiger partial charge in [-0.3, -0.25) is 14.4 Å². The van der Waals surface area contributed by atoms with Gasteiger partial charge in [-0.15, -0.1) is 0 Å². The second-order valence-electron chi connectivity index (χ2n) is 21.3. The van der Waals surface area contributed by atoms with Crippen LogP contribution in [-0.2, 0) is 28.6 Å². The Hall–Kier alpha value is -2.63. The van der Waals surface area contributed by atoms with Gasteiger partial charge in [0.15, 0.2) is 6.10 Å². The topological polar surface area (TPSA) is 78.9 Å². The van der Waals surface area contributed by atoms with E-state index in [0.717, 1.165) is 83.5 Å². The molecule has 0 aliphatic carbocycles. The van der Waals surface area contributed by atoms with E-state index in [4.69, 9.17) is 14.2 Å². The molecular weight excluding hydrogens is 889 g/mol. The highest BCUT2D eigenvalue weighted by Gasteiger charge is 2.19. The minimum atomic E-state index is -0.778. The van der Waals surface area contributed by atoms with E-state index in [1.807, 2.05) is 0 Å². The van der Waals surface area contributed by atoms with Crippen molar-refractivity contribution in [3.05, 3.63) is 48.6 Å². The molecule has 0 bridgehead atoms. The van der Waals surface area contributed by atoms with Gasteiger partial charge in [0.05, 0.1) is 0 Å². The van der Waals surface area contributed by atoms with Crippen LogP contribution < -0.4 is 0 Å². The predicted molar refractivity (Wildman–Crippen MR) is 312 cm³/mol. The first-order chi connectivity index (χ1) is 35.5. The molecule has 6 nitrogen and oxygen atoms in total. The maximum absolute atomic E-state index is 12.9. The molecule has 0 aliphatic heterocycles. The molecule has 1 unspecified atom stereocenters. The summed E-state index contributed by atoms with van der Waals surface area (Å²) in [6.07, 6.45) is 75.4. The van der Waals surface area contributed by atoms with E-state index in [9.17, 15) is 14.4 Å². The van der Waals surface area contributed by atoms with E-state index >= 15 is 0 Å². The largest absolute Gasteiger partial charge is 0.462 e. The first-order valence-corrected chi connectivity index (χ1v) is 31.6. The first kappa shape index (κ1) is 69.4. The van der Waals surface area contributed by atoms with Gasteiger partial charge >= 0.3 is 17.9 Å². The van der Waals surface area contributed by atoms with E-state index in [-0.39, 0.29) is 31.1 Å². The van der Waals surface area contributed by atoms with Crippen LogP contribution in [0.4, 0.5) is 0 Å². The summed E-state index contributed by atoms with van der Waals surface area (Å²) < 4.78 is 16.9. The predicted octanol–water partition coefficient (Wildman–Crippen LogP) is 21.4. The number of hydrogen-bond donors (Lipinski definition) is 0. The second-order valence-corrected chi connectivity index (χ2v) is 21.3. The van der Waals surface area contributed by atoms with E-state index < -0.39 is 6.10 Å². The number of carbonyl (C=O) groups is 3. The highest BCUT2D eigenvalue weighted by Crippen LogP contribution is 2.17. The Morgan fingerprint density at radius 2 is 0.542 bits per heavy atom. The molecule has 0 rings (SSSR count). The molecule has 6 heteroatoms. The average Bonchev–Trinajstić information content (AvgIpc) is 3.38. The quantitative estimate of drug-likeness (QED) is 0.0261. The molecule has 0 radical (unpaired) electrons. The van der Waals surface area contributed by atoms with Gasteiger partial charge < -0.3 is 14.2 Å². The van der Waals surface area contributed by atoms with Crippen LogP contribution in [0, 0.1) is 0 Å². The Morgan fingerprint density at radius 3 is 0.861 bits per heavy atom. The number of hydrogen-bond acceptors (Lipinski definition) is 6. The summed E-state index contributed by atoms with van der Waals surface area (Å²) in [6.45, 7) is 6.57. The zero-order chi connectivity index (χ0) is 52.2. The fraction of sp³-hybridized carbons (Fsp3) is 0.833. The third-order valence-corrected chi connectivity index (χ3v) is 14.1. The summed E-state index contributed by atoms with van der Waals surface area (Å²) in [5.74, 6) is -0.865. The molecule has 0 aromatic rings. The number of rotatable bonds is 58. The first-order valence-electron chi connectivity index (χ1n) is 31.6. The Morgan fingerprint density at radius 1 is 0.292 bits per heavy atom. The zero-order valence-corrected chi connectivity index (χ0v) is 48.2. The van der Waals surface area contributed by atoms with Crippen molar-refractivity contribution in [2.24, 2.45) is 0 Å². The Kier molecular flexibility index (Phi) is 58.7. The molecule has 0 spiro atoms. The molecule has 0 saturated heterocycles. The number of unbranched alkanes of at least 4 members (excludes halogenated alkanes) is 39. The van der Waals surface area contributed by atoms with Gasteiger partial charge in [0.2, 0.25) is 0 Å². The van der Waals surface area contributed by atoms with Crippen LogP contribution in [0.15, 0.2) is 48.6 Å². The van der Waals surface area contributed by atoms with Crippen LogP contribution in [0.1, 0.15) is 335 Å². The molecule has 0 fully saturated rings. The van der Waals surface area contributed by atoms with Crippen LogP contribution in [0.2, 0.25) is 0 Å². The number of ether oxygens (including phenoxy) is 3. The van der Waals surface area contributed by atoms with Gasteiger partial charge in [0.25, 0.3) is 0 Å². The lowest BCUT2D eigenvalue weighted by atomic mass is 10.0. The van der Waals surface area contributed by atoms with Crippen molar-refractivity contribution in [3.63, 3.8) is 0 Å². The van der Waals surface area contributed by atoms with Crippen LogP contribution in [0.25, 0.3) is 0 Å². The number of carbonyl (C=O) groups excluding carboxylic acids is 3. The summed E-state index contributed by atoms with van der Waals surface area (Å²) in [5, 5.41) is 0. The maximum Gasteiger partial charge on any atom is 0.306 e. The van der Waals surface area contributed by atoms with Gasteiger partial charge in [0.1, 0.15) is 13.2 Å². The molecule has 0 amide bonds. The zero-order valence-electron chi connectivity index (χ0n) is 48.2. The molecule has 0 heterocycles. The monoisotopic (exact) mass is 1010 g/mol. The van der Waals surface area contributed by atoms with Crippen molar-refractivity contribution in [1.82, 2.24) is 0 Å². The minimum absolute atomic E-state index is 0.0741. The smallest absolute Gasteiger partial charge is 0.306 e. The molecule has 0 aromatic heterocycles. The van der Waals surface area contributed by atoms with Gasteiger partial charge in [-0.05, 0) is 77.0 Å². The maximum atomic E-state index is 12.9. The van der Waals surface area contributed by atoms with Crippen LogP contribution >= 0.6 is 0 Å². The summed E-state index contributed by atoms with van der Waals surface area (Å²) in [7, 11) is 0. The lowest BCUT2D eigenvalue weighted by molar-refractivity contribution is -0.167. The summed E-state index contributed by atoms with van der Waals surface area (Å²) in [4.78, 5) is 38.3. The van der Waals surface area contributed by atoms with Crippen molar-refractivity contribution in [2.75, 3.05) is 13.2 Å². The summed E-state index contributed by atoms with van der Waals surface area (Å²) in [6, 6.07) is 0. The molecule has 0 saturated carbocycles. The SMILES string of the molecule is CC/C=C\C/C=C\C/C=C\CCCCCCCCCC(=O)OC(COC(=O)CCCCCCCCCCC/C=C\CCCCCCCCCC)COC(=O)CCCCCCCCCCCCCCCCCC. The lowest BCUT2D eigenvalue weighted by Crippen LogP contribution is -2.30. The van der Waals surface area contributed by atoms with Crippen molar-refractivity contribution < 1.29 is 28.6 Å². The molecule has 72 heavy (non-hydrogen) atoms. The standard InChI is InChI=1S/C66H120O6/c1-4-7-10-13-16-19-22-25-28-31-32-33-34-36-38-41-44-47-50-53-56-59-65(68)71-62-63(61-70-64(67)58-55-52-49-46-43-40-37-30-27-24-21-18-15-12-9-6-3)72-66(69)60-57-54-51-48-45-42-39-35-29-26-23-20-17-14-11-8-5-2/h8,11,17,20,26,29,31-32,63H,4-7,9-10,12-16,18-19,21-25,27-28,30,33-62H2,1-3H3/b11-8-,20-17-,29-26-,32-31-. The van der Waals surface area contributed by atoms with Crippen LogP contribution in [0.5, 0.6) is 0 Å². The highest BCUT2D eigenvalue weighted by atomic mass is 16.6. The lowest BCUT2D eigenvalue weighted by Gasteiger charge is -2.18. The number of esters is 3. The Bertz CT molecular complexity index is 1250. The fourth-order valence-electron chi connectivity index (χ4n) is 9.34. The Balaban J connectivity index is 4.33. The van der Waals surface area contributed by atoms with E-state index in [2.05, 4.69) is 69.4 Å². The van der Waals surface area contributed by atoms with Crippen molar-refractivity contribution in [2.45, 2.75) is 341 Å². The van der Waals surface area contributed by atoms with E-state index in [1.54, 1.807) is 0 Å². The van der Waals surface area contributed by atoms with Gasteiger partial charge in [-0.25, -0.2) is 0 Å². The molecule has 1 atom stereocenters. The van der Waals surface area contributed by atoms with E-state index in [1.165, 1.54) is 212 Å². The molecule has 0 N–H and O–H groups in total. The molecule has 420 valence electrons. The van der Waals surface area contributed by atoms with E-state index in [0.29, 0.717) is 19.3 Å². The second kappa shape index (κ2) is 60.9. The number of allylic oxidation sites excluding steroid dienone is 8. The normalized spacial score (nSPS) is 12.3. The van der Waals surface area contributed by atoms with Crippen LogP contribution in [-0.4, -0.2) is 37.2 Å². The highest BCUT2D eigenvalue weighted by molar-refractivity contribution is 5.71. The third-order valence-electron chi connectivity index (χ3n) is 14.1. The molecule has 0 aromatic carbocycles.